The van der Waals surface area contributed by atoms with E-state index in [1.807, 2.05) is 13.2 Å². The summed E-state index contributed by atoms with van der Waals surface area (Å²) in [5.74, 6) is 3.23. The number of terminal acetylenes is 1. The third-order valence-electron chi connectivity index (χ3n) is 3.33. The Kier molecular flexibility index (Phi) is 10.8. The average Bonchev–Trinajstić information content (AvgIpc) is 2.41. The zero-order chi connectivity index (χ0) is 14.7. The van der Waals surface area contributed by atoms with Crippen molar-refractivity contribution in [3.05, 3.63) is 22.4 Å². The van der Waals surface area contributed by atoms with E-state index in [4.69, 9.17) is 6.42 Å². The van der Waals surface area contributed by atoms with Gasteiger partial charge in [-0.05, 0) is 37.5 Å². The van der Waals surface area contributed by atoms with Crippen molar-refractivity contribution >= 4 is 11.8 Å². The SMILES string of the molecule is C#C/C(CCC(CC)CCC)=C(SC)\C(F)=C/CC. The fourth-order valence-corrected chi connectivity index (χ4v) is 2.88. The van der Waals surface area contributed by atoms with Crippen LogP contribution in [0.15, 0.2) is 22.4 Å². The van der Waals surface area contributed by atoms with E-state index in [0.29, 0.717) is 17.2 Å². The molecule has 0 nitrogen and oxygen atoms in total. The molecule has 0 fully saturated rings. The summed E-state index contributed by atoms with van der Waals surface area (Å²) in [6, 6.07) is 0. The van der Waals surface area contributed by atoms with Gasteiger partial charge in [0.1, 0.15) is 5.83 Å². The van der Waals surface area contributed by atoms with Crippen LogP contribution in [0.25, 0.3) is 0 Å². The molecular formula is C17H27FS. The molecule has 0 aliphatic rings. The Bertz CT molecular complexity index is 347. The second kappa shape index (κ2) is 11.2. The third kappa shape index (κ3) is 6.87. The molecule has 0 radical (unpaired) electrons. The van der Waals surface area contributed by atoms with E-state index in [9.17, 15) is 4.39 Å². The highest BCUT2D eigenvalue weighted by atomic mass is 32.2. The van der Waals surface area contributed by atoms with Crippen LogP contribution in [0, 0.1) is 18.3 Å². The van der Waals surface area contributed by atoms with Crippen molar-refractivity contribution in [2.45, 2.75) is 59.3 Å². The Balaban J connectivity index is 4.87. The van der Waals surface area contributed by atoms with Crippen LogP contribution in [0.3, 0.4) is 0 Å². The molecule has 1 atom stereocenters. The van der Waals surface area contributed by atoms with Crippen molar-refractivity contribution < 1.29 is 4.39 Å². The van der Waals surface area contributed by atoms with E-state index in [1.165, 1.54) is 31.0 Å². The number of allylic oxidation sites excluding steroid dienone is 3. The Morgan fingerprint density at radius 3 is 2.42 bits per heavy atom. The number of halogens is 1. The highest BCUT2D eigenvalue weighted by Gasteiger charge is 2.12. The minimum absolute atomic E-state index is 0.161. The van der Waals surface area contributed by atoms with Gasteiger partial charge in [0, 0.05) is 5.57 Å². The zero-order valence-corrected chi connectivity index (χ0v) is 13.6. The van der Waals surface area contributed by atoms with Crippen LogP contribution in [-0.2, 0) is 0 Å². The summed E-state index contributed by atoms with van der Waals surface area (Å²) in [7, 11) is 0. The molecule has 0 heterocycles. The maximum atomic E-state index is 13.9. The minimum Gasteiger partial charge on any atom is -0.206 e. The van der Waals surface area contributed by atoms with Crippen LogP contribution in [0.4, 0.5) is 4.39 Å². The molecule has 0 aromatic rings. The van der Waals surface area contributed by atoms with Gasteiger partial charge < -0.3 is 0 Å². The number of hydrogen-bond acceptors (Lipinski definition) is 1. The maximum Gasteiger partial charge on any atom is 0.133 e. The van der Waals surface area contributed by atoms with E-state index < -0.39 is 0 Å². The first-order valence-corrected chi connectivity index (χ1v) is 8.46. The Morgan fingerprint density at radius 1 is 1.32 bits per heavy atom. The van der Waals surface area contributed by atoms with E-state index in [0.717, 1.165) is 18.4 Å². The monoisotopic (exact) mass is 282 g/mol. The van der Waals surface area contributed by atoms with Crippen LogP contribution < -0.4 is 0 Å². The topological polar surface area (TPSA) is 0 Å². The molecule has 19 heavy (non-hydrogen) atoms. The first-order valence-electron chi connectivity index (χ1n) is 7.24. The van der Waals surface area contributed by atoms with Crippen LogP contribution in [0.1, 0.15) is 59.3 Å². The predicted molar refractivity (Wildman–Crippen MR) is 86.8 cm³/mol. The van der Waals surface area contributed by atoms with Crippen LogP contribution in [-0.4, -0.2) is 6.26 Å². The molecule has 0 bridgehead atoms. The Hall–Kier alpha value is -0.680. The van der Waals surface area contributed by atoms with Gasteiger partial charge in [-0.2, -0.15) is 0 Å². The first-order chi connectivity index (χ1) is 9.14. The molecule has 2 heteroatoms. The van der Waals surface area contributed by atoms with Gasteiger partial charge in [0.15, 0.2) is 0 Å². The predicted octanol–water partition coefficient (Wildman–Crippen LogP) is 6.11. The Morgan fingerprint density at radius 2 is 2.00 bits per heavy atom. The van der Waals surface area contributed by atoms with Crippen molar-refractivity contribution in [3.63, 3.8) is 0 Å². The highest BCUT2D eigenvalue weighted by molar-refractivity contribution is 8.02. The average molecular weight is 282 g/mol. The van der Waals surface area contributed by atoms with E-state index in [2.05, 4.69) is 19.8 Å². The molecule has 0 aromatic carbocycles. The quantitative estimate of drug-likeness (QED) is 0.363. The third-order valence-corrected chi connectivity index (χ3v) is 4.18. The van der Waals surface area contributed by atoms with Gasteiger partial charge in [0.2, 0.25) is 0 Å². The van der Waals surface area contributed by atoms with Gasteiger partial charge in [-0.25, -0.2) is 4.39 Å². The molecule has 1 unspecified atom stereocenters. The van der Waals surface area contributed by atoms with Gasteiger partial charge in [0.05, 0.1) is 4.91 Å². The van der Waals surface area contributed by atoms with Gasteiger partial charge in [0.25, 0.3) is 0 Å². The largest absolute Gasteiger partial charge is 0.206 e. The van der Waals surface area contributed by atoms with Gasteiger partial charge in [-0.1, -0.05) is 46.0 Å². The molecule has 0 rings (SSSR count). The van der Waals surface area contributed by atoms with E-state index >= 15 is 0 Å². The van der Waals surface area contributed by atoms with Crippen LogP contribution in [0.5, 0.6) is 0 Å². The summed E-state index contributed by atoms with van der Waals surface area (Å²) in [6.07, 6.45) is 15.2. The summed E-state index contributed by atoms with van der Waals surface area (Å²) >= 11 is 1.42. The second-order valence-corrected chi connectivity index (χ2v) is 5.53. The van der Waals surface area contributed by atoms with Gasteiger partial charge in [-0.3, -0.25) is 0 Å². The Labute approximate surface area is 122 Å². The number of hydrogen-bond donors (Lipinski definition) is 0. The summed E-state index contributed by atoms with van der Waals surface area (Å²) in [4.78, 5) is 0.649. The molecule has 0 spiro atoms. The van der Waals surface area contributed by atoms with Gasteiger partial charge in [-0.15, -0.1) is 18.2 Å². The fourth-order valence-electron chi connectivity index (χ4n) is 2.20. The molecule has 0 amide bonds. The normalized spacial score (nSPS) is 14.8. The molecule has 0 saturated heterocycles. The lowest BCUT2D eigenvalue weighted by Crippen LogP contribution is -2.00. The number of rotatable bonds is 9. The lowest BCUT2D eigenvalue weighted by Gasteiger charge is -2.14. The van der Waals surface area contributed by atoms with Gasteiger partial charge >= 0.3 is 0 Å². The molecule has 108 valence electrons. The summed E-state index contributed by atoms with van der Waals surface area (Å²) in [5.41, 5.74) is 0.823. The van der Waals surface area contributed by atoms with Crippen molar-refractivity contribution in [1.29, 1.82) is 0 Å². The maximum absolute atomic E-state index is 13.9. The van der Waals surface area contributed by atoms with E-state index in [-0.39, 0.29) is 5.83 Å². The van der Waals surface area contributed by atoms with Crippen molar-refractivity contribution in [1.82, 2.24) is 0 Å². The molecule has 0 aliphatic heterocycles. The first kappa shape index (κ1) is 18.3. The molecule has 0 aliphatic carbocycles. The second-order valence-electron chi connectivity index (χ2n) is 4.72. The fraction of sp³-hybridized carbons (Fsp3) is 0.647. The lowest BCUT2D eigenvalue weighted by atomic mass is 9.93. The van der Waals surface area contributed by atoms with Crippen molar-refractivity contribution in [2.75, 3.05) is 6.26 Å². The lowest BCUT2D eigenvalue weighted by molar-refractivity contribution is 0.433. The summed E-state index contributed by atoms with van der Waals surface area (Å²) < 4.78 is 13.9. The molecule has 0 saturated carbocycles. The summed E-state index contributed by atoms with van der Waals surface area (Å²) in [5, 5.41) is 0. The molecule has 0 N–H and O–H groups in total. The smallest absolute Gasteiger partial charge is 0.133 e. The highest BCUT2D eigenvalue weighted by Crippen LogP contribution is 2.30. The van der Waals surface area contributed by atoms with Crippen molar-refractivity contribution in [2.24, 2.45) is 5.92 Å². The zero-order valence-electron chi connectivity index (χ0n) is 12.8. The number of thioether (sulfide) groups is 1. The van der Waals surface area contributed by atoms with E-state index in [1.54, 1.807) is 6.08 Å². The molecular weight excluding hydrogens is 255 g/mol. The summed E-state index contributed by atoms with van der Waals surface area (Å²) in [6.45, 7) is 6.35. The van der Waals surface area contributed by atoms with Crippen molar-refractivity contribution in [3.8, 4) is 12.3 Å². The molecule has 0 aromatic heterocycles. The standard InChI is InChI=1S/C17H27FS/c1-6-10-14(8-3)12-13-15(9-4)17(19-5)16(18)11-7-2/h4,11,14H,6-8,10,12-13H2,1-3,5H3/b16-11+,17-15-. The van der Waals surface area contributed by atoms with Crippen LogP contribution in [0.2, 0.25) is 0 Å². The minimum atomic E-state index is -0.161. The van der Waals surface area contributed by atoms with Crippen LogP contribution >= 0.6 is 11.8 Å².